The molecule has 0 spiro atoms. The fraction of sp³-hybridized carbons (Fsp3) is 0.381. The van der Waals surface area contributed by atoms with Gasteiger partial charge in [-0.15, -0.1) is 0 Å². The van der Waals surface area contributed by atoms with Crippen LogP contribution >= 0.6 is 11.8 Å². The first-order chi connectivity index (χ1) is 14.2. The molecule has 0 atom stereocenters. The maximum Gasteiger partial charge on any atom is 0.298 e. The van der Waals surface area contributed by atoms with Crippen LogP contribution in [-0.4, -0.2) is 34.1 Å². The zero-order valence-electron chi connectivity index (χ0n) is 17.7. The molecule has 0 amide bonds. The van der Waals surface area contributed by atoms with Crippen molar-refractivity contribution in [2.75, 3.05) is 24.6 Å². The molecule has 0 unspecified atom stereocenters. The summed E-state index contributed by atoms with van der Waals surface area (Å²) < 4.78 is 7.18. The van der Waals surface area contributed by atoms with E-state index in [2.05, 4.69) is 35.6 Å². The van der Waals surface area contributed by atoms with Gasteiger partial charge in [0.15, 0.2) is 11.0 Å². The Morgan fingerprint density at radius 1 is 1.30 bits per heavy atom. The van der Waals surface area contributed by atoms with E-state index >= 15 is 0 Å². The lowest BCUT2D eigenvalue weighted by Gasteiger charge is -2.19. The van der Waals surface area contributed by atoms with Crippen LogP contribution in [0, 0.1) is 12.3 Å². The standard InChI is InChI=1S/C21H28N6O2S/c1-13-9-14(22)17(10-16(13)29-12-28)30-20-26-18-15(5-6-25-19(18)23)27(20)8-7-24-11-21(2,3)4/h5-6,9-10,12,24H,7-8,11,22H2,1-4H3,(H2,23,25). The van der Waals surface area contributed by atoms with Gasteiger partial charge >= 0.3 is 0 Å². The molecule has 0 aliphatic heterocycles. The van der Waals surface area contributed by atoms with E-state index < -0.39 is 0 Å². The van der Waals surface area contributed by atoms with E-state index in [0.29, 0.717) is 35.8 Å². The smallest absolute Gasteiger partial charge is 0.298 e. The van der Waals surface area contributed by atoms with Crippen LogP contribution in [0.1, 0.15) is 26.3 Å². The number of hydrogen-bond acceptors (Lipinski definition) is 8. The predicted octanol–water partition coefficient (Wildman–Crippen LogP) is 3.23. The fourth-order valence-corrected chi connectivity index (χ4v) is 4.03. The number of anilines is 2. The summed E-state index contributed by atoms with van der Waals surface area (Å²) in [7, 11) is 0. The van der Waals surface area contributed by atoms with Gasteiger partial charge in [0, 0.05) is 36.4 Å². The molecule has 3 rings (SSSR count). The summed E-state index contributed by atoms with van der Waals surface area (Å²) >= 11 is 1.41. The van der Waals surface area contributed by atoms with E-state index in [1.165, 1.54) is 11.8 Å². The average Bonchev–Trinajstić information content (AvgIpc) is 3.01. The zero-order chi connectivity index (χ0) is 21.9. The van der Waals surface area contributed by atoms with Crippen molar-refractivity contribution in [3.8, 4) is 5.75 Å². The van der Waals surface area contributed by atoms with Crippen molar-refractivity contribution in [1.82, 2.24) is 19.9 Å². The lowest BCUT2D eigenvalue weighted by Crippen LogP contribution is -2.29. The second-order valence-corrected chi connectivity index (χ2v) is 9.33. The van der Waals surface area contributed by atoms with Gasteiger partial charge in [-0.3, -0.25) is 4.79 Å². The second kappa shape index (κ2) is 8.93. The van der Waals surface area contributed by atoms with E-state index in [4.69, 9.17) is 21.2 Å². The first-order valence-electron chi connectivity index (χ1n) is 9.69. The molecule has 2 heterocycles. The van der Waals surface area contributed by atoms with Crippen molar-refractivity contribution >= 4 is 40.8 Å². The second-order valence-electron chi connectivity index (χ2n) is 8.32. The Morgan fingerprint density at radius 2 is 2.07 bits per heavy atom. The molecule has 0 saturated heterocycles. The molecule has 0 aliphatic carbocycles. The molecule has 3 aromatic rings. The normalized spacial score (nSPS) is 11.7. The number of carbonyl (C=O) groups excluding carboxylic acids is 1. The van der Waals surface area contributed by atoms with E-state index in [-0.39, 0.29) is 5.41 Å². The van der Waals surface area contributed by atoms with Crippen LogP contribution in [-0.2, 0) is 11.3 Å². The van der Waals surface area contributed by atoms with Gasteiger partial charge in [-0.2, -0.15) is 0 Å². The molecule has 30 heavy (non-hydrogen) atoms. The number of nitrogens with two attached hydrogens (primary N) is 2. The number of benzene rings is 1. The van der Waals surface area contributed by atoms with E-state index in [1.807, 2.05) is 13.0 Å². The van der Waals surface area contributed by atoms with Crippen molar-refractivity contribution in [2.24, 2.45) is 5.41 Å². The highest BCUT2D eigenvalue weighted by Gasteiger charge is 2.17. The summed E-state index contributed by atoms with van der Waals surface area (Å²) in [4.78, 5) is 20.4. The third-order valence-electron chi connectivity index (χ3n) is 4.51. The minimum atomic E-state index is 0.203. The van der Waals surface area contributed by atoms with Crippen LogP contribution in [0.15, 0.2) is 34.4 Å². The van der Waals surface area contributed by atoms with E-state index in [1.54, 1.807) is 18.3 Å². The maximum atomic E-state index is 10.8. The highest BCUT2D eigenvalue weighted by Crippen LogP contribution is 2.37. The van der Waals surface area contributed by atoms with Gasteiger partial charge in [0.25, 0.3) is 6.47 Å². The lowest BCUT2D eigenvalue weighted by molar-refractivity contribution is -0.120. The molecule has 8 nitrogen and oxygen atoms in total. The van der Waals surface area contributed by atoms with Crippen LogP contribution in [0.5, 0.6) is 5.75 Å². The molecule has 0 fully saturated rings. The minimum Gasteiger partial charge on any atom is -0.428 e. The van der Waals surface area contributed by atoms with E-state index in [9.17, 15) is 4.79 Å². The van der Waals surface area contributed by atoms with Gasteiger partial charge in [-0.25, -0.2) is 9.97 Å². The monoisotopic (exact) mass is 428 g/mol. The number of aryl methyl sites for hydroxylation is 1. The molecule has 9 heteroatoms. The Labute approximate surface area is 180 Å². The summed E-state index contributed by atoms with van der Waals surface area (Å²) in [6, 6.07) is 5.45. The Kier molecular flexibility index (Phi) is 6.52. The Morgan fingerprint density at radius 3 is 2.77 bits per heavy atom. The first kappa shape index (κ1) is 21.9. The predicted molar refractivity (Wildman–Crippen MR) is 121 cm³/mol. The van der Waals surface area contributed by atoms with Gasteiger partial charge in [0.2, 0.25) is 0 Å². The number of imidazole rings is 1. The third kappa shape index (κ3) is 5.03. The van der Waals surface area contributed by atoms with Gasteiger partial charge in [-0.1, -0.05) is 20.8 Å². The van der Waals surface area contributed by atoms with Crippen LogP contribution in [0.4, 0.5) is 11.5 Å². The Balaban J connectivity index is 1.94. The molecule has 0 radical (unpaired) electrons. The molecule has 2 aromatic heterocycles. The summed E-state index contributed by atoms with van der Waals surface area (Å²) in [6.45, 7) is 11.2. The molecular weight excluding hydrogens is 400 g/mol. The quantitative estimate of drug-likeness (QED) is 0.284. The molecule has 0 aliphatic rings. The molecule has 5 N–H and O–H groups in total. The van der Waals surface area contributed by atoms with Crippen LogP contribution in [0.3, 0.4) is 0 Å². The highest BCUT2D eigenvalue weighted by atomic mass is 32.2. The van der Waals surface area contributed by atoms with E-state index in [0.717, 1.165) is 34.2 Å². The number of nitrogen functional groups attached to an aromatic ring is 2. The maximum absolute atomic E-state index is 10.8. The summed E-state index contributed by atoms with van der Waals surface area (Å²) in [6.07, 6.45) is 1.68. The molecule has 1 aromatic carbocycles. The molecule has 160 valence electrons. The van der Waals surface area contributed by atoms with Crippen molar-refractivity contribution in [3.63, 3.8) is 0 Å². The van der Waals surface area contributed by atoms with Crippen molar-refractivity contribution < 1.29 is 9.53 Å². The largest absolute Gasteiger partial charge is 0.428 e. The summed E-state index contributed by atoms with van der Waals surface area (Å²) in [5.41, 5.74) is 15.4. The lowest BCUT2D eigenvalue weighted by atomic mass is 9.97. The number of pyridine rings is 1. The van der Waals surface area contributed by atoms with Gasteiger partial charge < -0.3 is 26.1 Å². The fourth-order valence-electron chi connectivity index (χ4n) is 3.06. The first-order valence-corrected chi connectivity index (χ1v) is 10.5. The number of nitrogens with zero attached hydrogens (tertiary/aromatic N) is 3. The molecule has 0 saturated carbocycles. The van der Waals surface area contributed by atoms with Crippen LogP contribution in [0.25, 0.3) is 11.0 Å². The number of aromatic nitrogens is 3. The van der Waals surface area contributed by atoms with Crippen molar-refractivity contribution in [3.05, 3.63) is 30.0 Å². The summed E-state index contributed by atoms with van der Waals surface area (Å²) in [5, 5.41) is 4.24. The number of carbonyl (C=O) groups is 1. The number of ether oxygens (including phenoxy) is 1. The number of nitrogens with one attached hydrogen (secondary N) is 1. The average molecular weight is 429 g/mol. The Bertz CT molecular complexity index is 1060. The van der Waals surface area contributed by atoms with Crippen molar-refractivity contribution in [2.45, 2.75) is 44.3 Å². The number of rotatable bonds is 8. The minimum absolute atomic E-state index is 0.203. The zero-order valence-corrected chi connectivity index (χ0v) is 18.5. The Hall–Kier alpha value is -2.78. The number of fused-ring (bicyclic) bond motifs is 1. The highest BCUT2D eigenvalue weighted by molar-refractivity contribution is 7.99. The van der Waals surface area contributed by atoms with Crippen LogP contribution < -0.4 is 21.5 Å². The molecular formula is C21H28N6O2S. The summed E-state index contributed by atoms with van der Waals surface area (Å²) in [5.74, 6) is 0.856. The van der Waals surface area contributed by atoms with Gasteiger partial charge in [0.05, 0.1) is 5.52 Å². The van der Waals surface area contributed by atoms with Gasteiger partial charge in [0.1, 0.15) is 11.3 Å². The van der Waals surface area contributed by atoms with Crippen LogP contribution in [0.2, 0.25) is 0 Å². The van der Waals surface area contributed by atoms with Gasteiger partial charge in [-0.05, 0) is 47.9 Å². The SMILES string of the molecule is Cc1cc(N)c(Sc2nc3c(N)nccc3n2CCNCC(C)(C)C)cc1OC=O. The topological polar surface area (TPSA) is 121 Å². The molecule has 0 bridgehead atoms. The third-order valence-corrected chi connectivity index (χ3v) is 5.58. The van der Waals surface area contributed by atoms with Crippen molar-refractivity contribution in [1.29, 1.82) is 0 Å². The number of hydrogen-bond donors (Lipinski definition) is 3.